The summed E-state index contributed by atoms with van der Waals surface area (Å²) in [4.78, 5) is 9.94. The molecule has 0 spiro atoms. The van der Waals surface area contributed by atoms with Gasteiger partial charge >= 0.3 is 0 Å². The number of hydrogen-bond acceptors (Lipinski definition) is 2. The van der Waals surface area contributed by atoms with Crippen LogP contribution in [0.3, 0.4) is 0 Å². The molecule has 0 amide bonds. The van der Waals surface area contributed by atoms with Gasteiger partial charge in [-0.1, -0.05) is 29.8 Å². The van der Waals surface area contributed by atoms with E-state index >= 15 is 0 Å². The van der Waals surface area contributed by atoms with Gasteiger partial charge in [0.25, 0.3) is 0 Å². The highest BCUT2D eigenvalue weighted by Gasteiger charge is 1.98. The Hall–Kier alpha value is -1.28. The van der Waals surface area contributed by atoms with Crippen molar-refractivity contribution in [1.82, 2.24) is 0 Å². The number of methoxy groups -OCH3 is 1. The fourth-order valence-electron chi connectivity index (χ4n) is 1.03. The molecule has 2 nitrogen and oxygen atoms in total. The van der Waals surface area contributed by atoms with Crippen molar-refractivity contribution in [2.24, 2.45) is 0 Å². The number of rotatable bonds is 4. The molecule has 0 saturated heterocycles. The third-order valence-corrected chi connectivity index (χ3v) is 1.98. The van der Waals surface area contributed by atoms with E-state index < -0.39 is 0 Å². The van der Waals surface area contributed by atoms with Crippen LogP contribution in [0.4, 0.5) is 0 Å². The molecule has 0 aromatic heterocycles. The zero-order chi connectivity index (χ0) is 10.4. The summed E-state index contributed by atoms with van der Waals surface area (Å²) in [6, 6.07) is 5.43. The first-order valence-corrected chi connectivity index (χ1v) is 4.51. The van der Waals surface area contributed by atoms with Crippen LogP contribution in [-0.2, 0) is 4.79 Å². The highest BCUT2D eigenvalue weighted by molar-refractivity contribution is 6.32. The molecule has 0 aliphatic heterocycles. The molecule has 3 heteroatoms. The highest BCUT2D eigenvalue weighted by atomic mass is 35.5. The molecule has 0 heterocycles. The molecule has 73 valence electrons. The predicted molar refractivity (Wildman–Crippen MR) is 57.3 cm³/mol. The van der Waals surface area contributed by atoms with Crippen molar-refractivity contribution in [3.8, 4) is 5.75 Å². The van der Waals surface area contributed by atoms with Crippen LogP contribution in [0.1, 0.15) is 12.0 Å². The molecule has 0 unspecified atom stereocenters. The molecule has 0 aliphatic rings. The van der Waals surface area contributed by atoms with Crippen LogP contribution < -0.4 is 4.74 Å². The number of halogens is 1. The lowest BCUT2D eigenvalue weighted by molar-refractivity contribution is 0.415. The maximum Gasteiger partial charge on any atom is 0.202 e. The number of ether oxygens (including phenoxy) is 1. The van der Waals surface area contributed by atoms with Crippen LogP contribution in [-0.4, -0.2) is 13.4 Å². The molecule has 1 rings (SSSR count). The second-order valence-corrected chi connectivity index (χ2v) is 3.05. The zero-order valence-electron chi connectivity index (χ0n) is 7.79. The minimum absolute atomic E-state index is 0.295. The van der Waals surface area contributed by atoms with Crippen LogP contribution in [0.5, 0.6) is 5.75 Å². The lowest BCUT2D eigenvalue weighted by Crippen LogP contribution is -1.84. The molecule has 1 aromatic rings. The Bertz CT molecular complexity index is 345. The monoisotopic (exact) mass is 209 g/mol. The summed E-state index contributed by atoms with van der Waals surface area (Å²) in [6.07, 6.45) is 5.62. The van der Waals surface area contributed by atoms with Crippen LogP contribution >= 0.6 is 11.6 Å². The van der Waals surface area contributed by atoms with Gasteiger partial charge in [-0.2, -0.15) is 0 Å². The largest absolute Gasteiger partial charge is 0.495 e. The van der Waals surface area contributed by atoms with Crippen LogP contribution in [0.2, 0.25) is 5.02 Å². The van der Waals surface area contributed by atoms with E-state index in [1.54, 1.807) is 31.6 Å². The van der Waals surface area contributed by atoms with Gasteiger partial charge in [0.15, 0.2) is 0 Å². The van der Waals surface area contributed by atoms with Crippen LogP contribution in [0.15, 0.2) is 24.3 Å². The molecule has 14 heavy (non-hydrogen) atoms. The van der Waals surface area contributed by atoms with Crippen molar-refractivity contribution in [3.05, 3.63) is 34.9 Å². The maximum atomic E-state index is 9.94. The highest BCUT2D eigenvalue weighted by Crippen LogP contribution is 2.25. The van der Waals surface area contributed by atoms with Gasteiger partial charge in [-0.25, -0.2) is 0 Å². The van der Waals surface area contributed by atoms with Gasteiger partial charge < -0.3 is 4.74 Å². The van der Waals surface area contributed by atoms with Gasteiger partial charge in [-0.15, -0.1) is 0 Å². The third-order valence-electron chi connectivity index (χ3n) is 1.69. The topological polar surface area (TPSA) is 26.3 Å². The first-order chi connectivity index (χ1) is 6.77. The lowest BCUT2D eigenvalue weighted by atomic mass is 10.2. The van der Waals surface area contributed by atoms with E-state index in [-0.39, 0.29) is 0 Å². The van der Waals surface area contributed by atoms with Crippen molar-refractivity contribution in [1.29, 1.82) is 0 Å². The number of benzene rings is 1. The summed E-state index contributed by atoms with van der Waals surface area (Å²) in [5.41, 5.74) is 0.936. The molecule has 0 N–H and O–H groups in total. The van der Waals surface area contributed by atoms with Gasteiger partial charge in [0.1, 0.15) is 5.75 Å². The fraction of sp³-hybridized carbons (Fsp3) is 0.182. The Labute approximate surface area is 88.1 Å². The lowest BCUT2D eigenvalue weighted by Gasteiger charge is -2.02. The van der Waals surface area contributed by atoms with Crippen molar-refractivity contribution >= 4 is 24.0 Å². The van der Waals surface area contributed by atoms with Crippen LogP contribution in [0, 0.1) is 0 Å². The Kier molecular flexibility index (Phi) is 4.20. The Morgan fingerprint density at radius 2 is 2.36 bits per heavy atom. The van der Waals surface area contributed by atoms with E-state index in [9.17, 15) is 4.79 Å². The van der Waals surface area contributed by atoms with Crippen molar-refractivity contribution in [2.75, 3.05) is 7.11 Å². The number of allylic oxidation sites excluding steroid dienone is 1. The summed E-state index contributed by atoms with van der Waals surface area (Å²) in [7, 11) is 1.57. The first-order valence-electron chi connectivity index (χ1n) is 4.13. The SMILES string of the molecule is COc1ccc(/C=C/C[C]=O)cc1Cl. The third kappa shape index (κ3) is 2.89. The Morgan fingerprint density at radius 1 is 1.57 bits per heavy atom. The average Bonchev–Trinajstić information content (AvgIpc) is 2.18. The molecule has 1 aromatic carbocycles. The molecule has 0 aliphatic carbocycles. The molecule has 0 atom stereocenters. The molecular formula is C11H10ClO2. The van der Waals surface area contributed by atoms with E-state index in [1.807, 2.05) is 12.1 Å². The summed E-state index contributed by atoms with van der Waals surface area (Å²) >= 11 is 5.91. The minimum Gasteiger partial charge on any atom is -0.495 e. The van der Waals surface area contributed by atoms with Gasteiger partial charge in [0.05, 0.1) is 12.1 Å². The van der Waals surface area contributed by atoms with Crippen molar-refractivity contribution in [3.63, 3.8) is 0 Å². The smallest absolute Gasteiger partial charge is 0.202 e. The summed E-state index contributed by atoms with van der Waals surface area (Å²) in [6.45, 7) is 0. The number of hydrogen-bond donors (Lipinski definition) is 0. The Morgan fingerprint density at radius 3 is 2.93 bits per heavy atom. The van der Waals surface area contributed by atoms with Crippen molar-refractivity contribution in [2.45, 2.75) is 6.42 Å². The van der Waals surface area contributed by atoms with Gasteiger partial charge in [-0.05, 0) is 17.7 Å². The quantitative estimate of drug-likeness (QED) is 0.762. The van der Waals surface area contributed by atoms with Crippen LogP contribution in [0.25, 0.3) is 6.08 Å². The van der Waals surface area contributed by atoms with Gasteiger partial charge in [-0.3, -0.25) is 4.79 Å². The average molecular weight is 210 g/mol. The molecule has 0 saturated carbocycles. The Balaban J connectivity index is 2.80. The van der Waals surface area contributed by atoms with Crippen molar-refractivity contribution < 1.29 is 9.53 Å². The predicted octanol–water partition coefficient (Wildman–Crippen LogP) is 2.86. The van der Waals surface area contributed by atoms with E-state index in [2.05, 4.69) is 0 Å². The molecule has 0 fully saturated rings. The molecule has 1 radical (unpaired) electrons. The van der Waals surface area contributed by atoms with Gasteiger partial charge in [0, 0.05) is 6.42 Å². The van der Waals surface area contributed by atoms with E-state index in [4.69, 9.17) is 16.3 Å². The molecule has 0 bridgehead atoms. The molecular weight excluding hydrogens is 200 g/mol. The van der Waals surface area contributed by atoms with E-state index in [1.165, 1.54) is 0 Å². The fourth-order valence-corrected chi connectivity index (χ4v) is 1.30. The second-order valence-electron chi connectivity index (χ2n) is 2.64. The minimum atomic E-state index is 0.295. The number of carbonyl (C=O) groups excluding carboxylic acids is 1. The standard InChI is InChI=1S/C11H10ClO2/c1-14-11-6-5-9(8-10(11)12)4-2-3-7-13/h2,4-6,8H,3H2,1H3/b4-2+. The first kappa shape index (κ1) is 10.8. The van der Waals surface area contributed by atoms with E-state index in [0.717, 1.165) is 5.56 Å². The summed E-state index contributed by atoms with van der Waals surface area (Å²) in [5.74, 6) is 0.644. The maximum absolute atomic E-state index is 9.94. The second kappa shape index (κ2) is 5.45. The summed E-state index contributed by atoms with van der Waals surface area (Å²) < 4.78 is 5.01. The van der Waals surface area contributed by atoms with E-state index in [0.29, 0.717) is 17.2 Å². The summed E-state index contributed by atoms with van der Waals surface area (Å²) in [5, 5.41) is 0.560. The van der Waals surface area contributed by atoms with Gasteiger partial charge in [0.2, 0.25) is 6.29 Å². The zero-order valence-corrected chi connectivity index (χ0v) is 8.54. The normalized spacial score (nSPS) is 10.4.